The maximum atomic E-state index is 12.9. The van der Waals surface area contributed by atoms with Gasteiger partial charge in [0.15, 0.2) is 0 Å². The fraction of sp³-hybridized carbons (Fsp3) is 0.250. The first kappa shape index (κ1) is 22.0. The van der Waals surface area contributed by atoms with Crippen LogP contribution in [0.2, 0.25) is 0 Å². The van der Waals surface area contributed by atoms with E-state index in [4.69, 9.17) is 0 Å². The Bertz CT molecular complexity index is 1190. The minimum absolute atomic E-state index is 0.171. The zero-order valence-corrected chi connectivity index (χ0v) is 18.3. The fourth-order valence-corrected chi connectivity index (χ4v) is 3.31. The third-order valence-electron chi connectivity index (χ3n) is 5.14. The molecular weight excluding hydrogens is 392 g/mol. The van der Waals surface area contributed by atoms with Crippen LogP contribution in [-0.2, 0) is 9.59 Å². The Morgan fingerprint density at radius 1 is 0.935 bits per heavy atom. The maximum Gasteiger partial charge on any atom is 0.267 e. The van der Waals surface area contributed by atoms with Crippen molar-refractivity contribution in [3.8, 4) is 11.3 Å². The number of nitrogens with one attached hydrogen (secondary N) is 2. The van der Waals surface area contributed by atoms with Gasteiger partial charge < -0.3 is 10.6 Å². The Morgan fingerprint density at radius 3 is 2.26 bits per heavy atom. The molecule has 0 spiro atoms. The SMILES string of the molecule is CC(=O)Nc1cc(-c2ccc(=O)n([C@@H](C)C(=O)Nc3c(C)cccc3C)n2)ccc1C. The molecule has 2 amide bonds. The van der Waals surface area contributed by atoms with E-state index in [1.807, 2.05) is 51.1 Å². The van der Waals surface area contributed by atoms with Crippen molar-refractivity contribution in [3.63, 3.8) is 0 Å². The molecule has 0 aliphatic rings. The van der Waals surface area contributed by atoms with E-state index in [2.05, 4.69) is 15.7 Å². The van der Waals surface area contributed by atoms with E-state index >= 15 is 0 Å². The molecule has 0 aliphatic carbocycles. The number of hydrogen-bond acceptors (Lipinski definition) is 4. The van der Waals surface area contributed by atoms with Gasteiger partial charge in [-0.3, -0.25) is 14.4 Å². The molecular formula is C24H26N4O3. The summed E-state index contributed by atoms with van der Waals surface area (Å²) < 4.78 is 1.18. The number of hydrogen-bond donors (Lipinski definition) is 2. The summed E-state index contributed by atoms with van der Waals surface area (Å²) in [7, 11) is 0. The van der Waals surface area contributed by atoms with E-state index in [0.717, 1.165) is 27.9 Å². The highest BCUT2D eigenvalue weighted by atomic mass is 16.2. The highest BCUT2D eigenvalue weighted by molar-refractivity contribution is 5.95. The summed E-state index contributed by atoms with van der Waals surface area (Å²) in [5, 5.41) is 10.1. The number of carbonyl (C=O) groups excluding carboxylic acids is 2. The van der Waals surface area contributed by atoms with Gasteiger partial charge in [0.2, 0.25) is 11.8 Å². The molecule has 2 aromatic carbocycles. The molecule has 7 nitrogen and oxygen atoms in total. The predicted octanol–water partition coefficient (Wildman–Crippen LogP) is 3.99. The number of anilines is 2. The standard InChI is InChI=1S/C24H26N4O3/c1-14-9-10-19(13-21(14)25-18(5)29)20-11-12-22(30)28(27-20)17(4)24(31)26-23-15(2)7-6-8-16(23)3/h6-13,17H,1-5H3,(H,25,29)(H,26,31)/t17-/m0/s1. The van der Waals surface area contributed by atoms with E-state index in [9.17, 15) is 14.4 Å². The molecule has 0 saturated carbocycles. The Kier molecular flexibility index (Phi) is 6.34. The average molecular weight is 418 g/mol. The van der Waals surface area contributed by atoms with Crippen LogP contribution in [0.15, 0.2) is 53.3 Å². The predicted molar refractivity (Wildman–Crippen MR) is 122 cm³/mol. The zero-order chi connectivity index (χ0) is 22.7. The van der Waals surface area contributed by atoms with Gasteiger partial charge in [0, 0.05) is 29.9 Å². The van der Waals surface area contributed by atoms with Crippen molar-refractivity contribution < 1.29 is 9.59 Å². The minimum Gasteiger partial charge on any atom is -0.326 e. The fourth-order valence-electron chi connectivity index (χ4n) is 3.31. The molecule has 3 aromatic rings. The van der Waals surface area contributed by atoms with E-state index in [0.29, 0.717) is 11.4 Å². The molecule has 0 fully saturated rings. The van der Waals surface area contributed by atoms with Crippen LogP contribution >= 0.6 is 0 Å². The molecule has 1 atom stereocenters. The van der Waals surface area contributed by atoms with Gasteiger partial charge in [-0.1, -0.05) is 30.3 Å². The molecule has 0 bridgehead atoms. The molecule has 0 radical (unpaired) electrons. The summed E-state index contributed by atoms with van der Waals surface area (Å²) in [5.74, 6) is -0.498. The van der Waals surface area contributed by atoms with Crippen LogP contribution < -0.4 is 16.2 Å². The molecule has 160 valence electrons. The maximum absolute atomic E-state index is 12.9. The van der Waals surface area contributed by atoms with Gasteiger partial charge in [0.05, 0.1) is 5.69 Å². The molecule has 1 aromatic heterocycles. The van der Waals surface area contributed by atoms with Crippen molar-refractivity contribution in [2.75, 3.05) is 10.6 Å². The van der Waals surface area contributed by atoms with Crippen molar-refractivity contribution in [2.45, 2.75) is 40.7 Å². The van der Waals surface area contributed by atoms with E-state index in [-0.39, 0.29) is 17.4 Å². The lowest BCUT2D eigenvalue weighted by Crippen LogP contribution is -2.33. The second kappa shape index (κ2) is 8.95. The number of carbonyl (C=O) groups is 2. The van der Waals surface area contributed by atoms with Crippen molar-refractivity contribution in [2.24, 2.45) is 0 Å². The molecule has 1 heterocycles. The highest BCUT2D eigenvalue weighted by Gasteiger charge is 2.19. The van der Waals surface area contributed by atoms with E-state index in [1.165, 1.54) is 17.7 Å². The Hall–Kier alpha value is -3.74. The van der Waals surface area contributed by atoms with Crippen LogP contribution in [0.4, 0.5) is 11.4 Å². The van der Waals surface area contributed by atoms with Crippen molar-refractivity contribution in [1.29, 1.82) is 0 Å². The van der Waals surface area contributed by atoms with E-state index < -0.39 is 6.04 Å². The molecule has 2 N–H and O–H groups in total. The topological polar surface area (TPSA) is 93.1 Å². The van der Waals surface area contributed by atoms with Crippen LogP contribution in [0.1, 0.15) is 36.6 Å². The lowest BCUT2D eigenvalue weighted by atomic mass is 10.1. The van der Waals surface area contributed by atoms with Gasteiger partial charge in [-0.15, -0.1) is 0 Å². The van der Waals surface area contributed by atoms with Gasteiger partial charge in [-0.2, -0.15) is 5.10 Å². The summed E-state index contributed by atoms with van der Waals surface area (Å²) in [5.41, 5.74) is 5.09. The minimum atomic E-state index is -0.813. The van der Waals surface area contributed by atoms with Gasteiger partial charge in [-0.25, -0.2) is 4.68 Å². The number of para-hydroxylation sites is 1. The summed E-state index contributed by atoms with van der Waals surface area (Å²) in [4.78, 5) is 36.8. The molecule has 7 heteroatoms. The Balaban J connectivity index is 1.93. The van der Waals surface area contributed by atoms with Gasteiger partial charge in [0.1, 0.15) is 6.04 Å². The first-order chi connectivity index (χ1) is 14.7. The first-order valence-corrected chi connectivity index (χ1v) is 10.0. The summed E-state index contributed by atoms with van der Waals surface area (Å²) in [6.45, 7) is 8.81. The number of aryl methyl sites for hydroxylation is 3. The quantitative estimate of drug-likeness (QED) is 0.655. The molecule has 0 unspecified atom stereocenters. The smallest absolute Gasteiger partial charge is 0.267 e. The van der Waals surface area contributed by atoms with Crippen molar-refractivity contribution in [3.05, 3.63) is 75.6 Å². The van der Waals surface area contributed by atoms with Gasteiger partial charge in [0.25, 0.3) is 5.56 Å². The van der Waals surface area contributed by atoms with Gasteiger partial charge >= 0.3 is 0 Å². The van der Waals surface area contributed by atoms with Gasteiger partial charge in [-0.05, 0) is 56.5 Å². The van der Waals surface area contributed by atoms with Crippen LogP contribution in [0.3, 0.4) is 0 Å². The van der Waals surface area contributed by atoms with Crippen LogP contribution in [0, 0.1) is 20.8 Å². The van der Waals surface area contributed by atoms with Crippen LogP contribution in [0.25, 0.3) is 11.3 Å². The van der Waals surface area contributed by atoms with Crippen LogP contribution in [-0.4, -0.2) is 21.6 Å². The first-order valence-electron chi connectivity index (χ1n) is 10.0. The summed E-state index contributed by atoms with van der Waals surface area (Å²) in [6, 6.07) is 13.5. The molecule has 0 aliphatic heterocycles. The number of benzene rings is 2. The summed E-state index contributed by atoms with van der Waals surface area (Å²) >= 11 is 0. The lowest BCUT2D eigenvalue weighted by molar-refractivity contribution is -0.119. The van der Waals surface area contributed by atoms with E-state index in [1.54, 1.807) is 19.1 Å². The number of nitrogens with zero attached hydrogens (tertiary/aromatic N) is 2. The lowest BCUT2D eigenvalue weighted by Gasteiger charge is -2.17. The third kappa shape index (κ3) is 4.88. The molecule has 3 rings (SSSR count). The monoisotopic (exact) mass is 418 g/mol. The summed E-state index contributed by atoms with van der Waals surface area (Å²) in [6.07, 6.45) is 0. The Morgan fingerprint density at radius 2 is 1.61 bits per heavy atom. The number of rotatable bonds is 5. The Labute approximate surface area is 181 Å². The number of amides is 2. The number of aromatic nitrogens is 2. The normalized spacial score (nSPS) is 11.6. The van der Waals surface area contributed by atoms with Crippen LogP contribution in [0.5, 0.6) is 0 Å². The van der Waals surface area contributed by atoms with Crippen molar-refractivity contribution >= 4 is 23.2 Å². The largest absolute Gasteiger partial charge is 0.326 e. The third-order valence-corrected chi connectivity index (χ3v) is 5.14. The van der Waals surface area contributed by atoms with Crippen molar-refractivity contribution in [1.82, 2.24) is 9.78 Å². The molecule has 0 saturated heterocycles. The second-order valence-electron chi connectivity index (χ2n) is 7.64. The highest BCUT2D eigenvalue weighted by Crippen LogP contribution is 2.24. The second-order valence-corrected chi connectivity index (χ2v) is 7.64. The zero-order valence-electron chi connectivity index (χ0n) is 18.3. The molecule has 31 heavy (non-hydrogen) atoms. The average Bonchev–Trinajstić information content (AvgIpc) is 2.72.